The fourth-order valence-corrected chi connectivity index (χ4v) is 2.56. The predicted octanol–water partition coefficient (Wildman–Crippen LogP) is 5.14. The van der Waals surface area contributed by atoms with E-state index < -0.39 is 0 Å². The molecule has 0 amide bonds. The van der Waals surface area contributed by atoms with Crippen LogP contribution in [0.5, 0.6) is 0 Å². The van der Waals surface area contributed by atoms with Crippen LogP contribution in [0.25, 0.3) is 22.3 Å². The smallest absolute Gasteiger partial charge is 0.150 e. The van der Waals surface area contributed by atoms with Gasteiger partial charge in [0.15, 0.2) is 0 Å². The molecule has 0 aliphatic rings. The highest BCUT2D eigenvalue weighted by atomic mass is 16.1. The van der Waals surface area contributed by atoms with Gasteiger partial charge in [-0.05, 0) is 40.8 Å². The molecule has 21 heavy (non-hydrogen) atoms. The number of carbonyl (C=O) groups is 1. The van der Waals surface area contributed by atoms with Crippen molar-refractivity contribution < 1.29 is 4.79 Å². The Morgan fingerprint density at radius 3 is 1.95 bits per heavy atom. The molecule has 0 bridgehead atoms. The third kappa shape index (κ3) is 2.77. The van der Waals surface area contributed by atoms with E-state index in [1.807, 2.05) is 43.3 Å². The highest BCUT2D eigenvalue weighted by Gasteiger charge is 2.04. The Morgan fingerprint density at radius 1 is 0.714 bits per heavy atom. The zero-order chi connectivity index (χ0) is 14.7. The van der Waals surface area contributed by atoms with Crippen LogP contribution in [-0.2, 0) is 0 Å². The van der Waals surface area contributed by atoms with Gasteiger partial charge in [-0.15, -0.1) is 0 Å². The van der Waals surface area contributed by atoms with E-state index in [1.165, 1.54) is 22.3 Å². The van der Waals surface area contributed by atoms with Crippen molar-refractivity contribution in [3.05, 3.63) is 83.9 Å². The Morgan fingerprint density at radius 2 is 1.33 bits per heavy atom. The molecule has 0 saturated carbocycles. The summed E-state index contributed by atoms with van der Waals surface area (Å²) >= 11 is 0. The highest BCUT2D eigenvalue weighted by Crippen LogP contribution is 2.27. The van der Waals surface area contributed by atoms with Crippen molar-refractivity contribution in [2.45, 2.75) is 6.92 Å². The maximum absolute atomic E-state index is 10.8. The van der Waals surface area contributed by atoms with Gasteiger partial charge in [0.05, 0.1) is 0 Å². The monoisotopic (exact) mass is 272 g/mol. The van der Waals surface area contributed by atoms with E-state index in [1.54, 1.807) is 0 Å². The van der Waals surface area contributed by atoms with E-state index in [2.05, 4.69) is 36.4 Å². The maximum atomic E-state index is 10.8. The van der Waals surface area contributed by atoms with Gasteiger partial charge in [-0.1, -0.05) is 66.7 Å². The van der Waals surface area contributed by atoms with E-state index >= 15 is 0 Å². The predicted molar refractivity (Wildman–Crippen MR) is 87.4 cm³/mol. The molecule has 0 heterocycles. The molecule has 0 aromatic heterocycles. The SMILES string of the molecule is Cc1cc(C=O)ccc1-c1ccc(-c2ccccc2)cc1. The zero-order valence-corrected chi connectivity index (χ0v) is 11.9. The minimum absolute atomic E-state index is 0.720. The third-order valence-electron chi connectivity index (χ3n) is 3.69. The molecule has 0 saturated heterocycles. The number of aldehydes is 1. The molecule has 1 heteroatoms. The average Bonchev–Trinajstić information content (AvgIpc) is 2.56. The van der Waals surface area contributed by atoms with E-state index in [9.17, 15) is 4.79 Å². The second kappa shape index (κ2) is 5.76. The minimum atomic E-state index is 0.720. The largest absolute Gasteiger partial charge is 0.298 e. The maximum Gasteiger partial charge on any atom is 0.150 e. The van der Waals surface area contributed by atoms with E-state index in [4.69, 9.17) is 0 Å². The van der Waals surface area contributed by atoms with Gasteiger partial charge in [0, 0.05) is 5.56 Å². The molecule has 0 aliphatic heterocycles. The molecular formula is C20H16O. The summed E-state index contributed by atoms with van der Waals surface area (Å²) in [6, 6.07) is 24.7. The van der Waals surface area contributed by atoms with Crippen molar-refractivity contribution in [3.8, 4) is 22.3 Å². The second-order valence-electron chi connectivity index (χ2n) is 5.14. The van der Waals surface area contributed by atoms with E-state index in [0.29, 0.717) is 0 Å². The molecule has 102 valence electrons. The van der Waals surface area contributed by atoms with Gasteiger partial charge in [0.1, 0.15) is 6.29 Å². The molecule has 0 N–H and O–H groups in total. The van der Waals surface area contributed by atoms with Crippen LogP contribution in [0.15, 0.2) is 72.8 Å². The first-order valence-corrected chi connectivity index (χ1v) is 6.99. The van der Waals surface area contributed by atoms with Crippen molar-refractivity contribution in [1.29, 1.82) is 0 Å². The van der Waals surface area contributed by atoms with Crippen molar-refractivity contribution in [1.82, 2.24) is 0 Å². The molecule has 0 fully saturated rings. The number of rotatable bonds is 3. The lowest BCUT2D eigenvalue weighted by Gasteiger charge is -2.08. The first kappa shape index (κ1) is 13.3. The molecule has 3 aromatic rings. The minimum Gasteiger partial charge on any atom is -0.298 e. The van der Waals surface area contributed by atoms with Gasteiger partial charge in [-0.2, -0.15) is 0 Å². The Hall–Kier alpha value is -2.67. The fourth-order valence-electron chi connectivity index (χ4n) is 2.56. The topological polar surface area (TPSA) is 17.1 Å². The van der Waals surface area contributed by atoms with Crippen LogP contribution in [0.2, 0.25) is 0 Å². The number of benzene rings is 3. The summed E-state index contributed by atoms with van der Waals surface area (Å²) in [6.45, 7) is 2.04. The quantitative estimate of drug-likeness (QED) is 0.603. The van der Waals surface area contributed by atoms with E-state index in [0.717, 1.165) is 17.4 Å². The summed E-state index contributed by atoms with van der Waals surface area (Å²) in [5.41, 5.74) is 6.60. The molecule has 0 unspecified atom stereocenters. The van der Waals surface area contributed by atoms with Crippen LogP contribution >= 0.6 is 0 Å². The van der Waals surface area contributed by atoms with Gasteiger partial charge in [0.2, 0.25) is 0 Å². The number of hydrogen-bond donors (Lipinski definition) is 0. The molecule has 3 rings (SSSR count). The van der Waals surface area contributed by atoms with E-state index in [-0.39, 0.29) is 0 Å². The molecule has 0 aliphatic carbocycles. The van der Waals surface area contributed by atoms with Crippen molar-refractivity contribution >= 4 is 6.29 Å². The molecule has 0 spiro atoms. The van der Waals surface area contributed by atoms with Gasteiger partial charge >= 0.3 is 0 Å². The zero-order valence-electron chi connectivity index (χ0n) is 11.9. The average molecular weight is 272 g/mol. The molecule has 3 aromatic carbocycles. The summed E-state index contributed by atoms with van der Waals surface area (Å²) in [7, 11) is 0. The Balaban J connectivity index is 1.96. The van der Waals surface area contributed by atoms with Crippen LogP contribution < -0.4 is 0 Å². The van der Waals surface area contributed by atoms with Crippen LogP contribution in [0.3, 0.4) is 0 Å². The number of carbonyl (C=O) groups excluding carboxylic acids is 1. The standard InChI is InChI=1S/C20H16O/c1-15-13-16(14-21)7-12-20(15)19-10-8-18(9-11-19)17-5-3-2-4-6-17/h2-14H,1H3. The summed E-state index contributed by atoms with van der Waals surface area (Å²) in [5, 5.41) is 0. The van der Waals surface area contributed by atoms with Crippen molar-refractivity contribution in [2.75, 3.05) is 0 Å². The van der Waals surface area contributed by atoms with Gasteiger partial charge in [-0.25, -0.2) is 0 Å². The number of hydrogen-bond acceptors (Lipinski definition) is 1. The van der Waals surface area contributed by atoms with Gasteiger partial charge in [0.25, 0.3) is 0 Å². The molecule has 0 radical (unpaired) electrons. The lowest BCUT2D eigenvalue weighted by Crippen LogP contribution is -1.87. The Kier molecular flexibility index (Phi) is 3.65. The first-order chi connectivity index (χ1) is 10.3. The summed E-state index contributed by atoms with van der Waals surface area (Å²) in [4.78, 5) is 10.8. The summed E-state index contributed by atoms with van der Waals surface area (Å²) in [6.07, 6.45) is 0.884. The van der Waals surface area contributed by atoms with Gasteiger partial charge in [-0.3, -0.25) is 4.79 Å². The molecular weight excluding hydrogens is 256 g/mol. The van der Waals surface area contributed by atoms with Crippen LogP contribution in [0, 0.1) is 6.92 Å². The summed E-state index contributed by atoms with van der Waals surface area (Å²) < 4.78 is 0. The van der Waals surface area contributed by atoms with Crippen LogP contribution in [-0.4, -0.2) is 6.29 Å². The summed E-state index contributed by atoms with van der Waals surface area (Å²) in [5.74, 6) is 0. The van der Waals surface area contributed by atoms with Crippen LogP contribution in [0.4, 0.5) is 0 Å². The van der Waals surface area contributed by atoms with Gasteiger partial charge < -0.3 is 0 Å². The third-order valence-corrected chi connectivity index (χ3v) is 3.69. The second-order valence-corrected chi connectivity index (χ2v) is 5.14. The van der Waals surface area contributed by atoms with Crippen molar-refractivity contribution in [2.24, 2.45) is 0 Å². The first-order valence-electron chi connectivity index (χ1n) is 6.99. The molecule has 1 nitrogen and oxygen atoms in total. The van der Waals surface area contributed by atoms with Crippen molar-refractivity contribution in [3.63, 3.8) is 0 Å². The number of aryl methyl sites for hydroxylation is 1. The fraction of sp³-hybridized carbons (Fsp3) is 0.0500. The van der Waals surface area contributed by atoms with Crippen LogP contribution in [0.1, 0.15) is 15.9 Å². The Bertz CT molecular complexity index is 756. The lowest BCUT2D eigenvalue weighted by molar-refractivity contribution is 0.112. The molecule has 0 atom stereocenters. The highest BCUT2D eigenvalue weighted by molar-refractivity contribution is 5.79. The Labute approximate surface area is 124 Å². The lowest BCUT2D eigenvalue weighted by atomic mass is 9.96. The normalized spacial score (nSPS) is 10.3.